The Balaban J connectivity index is 2.19. The first-order valence-electron chi connectivity index (χ1n) is 3.54. The molecule has 1 saturated heterocycles. The molecule has 1 unspecified atom stereocenters. The van der Waals surface area contributed by atoms with Crippen LogP contribution in [0.3, 0.4) is 0 Å². The van der Waals surface area contributed by atoms with E-state index in [9.17, 15) is 4.79 Å². The van der Waals surface area contributed by atoms with Crippen molar-refractivity contribution in [3.63, 3.8) is 0 Å². The lowest BCUT2D eigenvalue weighted by Gasteiger charge is -2.20. The van der Waals surface area contributed by atoms with Gasteiger partial charge in [-0.15, -0.1) is 0 Å². The van der Waals surface area contributed by atoms with E-state index >= 15 is 0 Å². The molecule has 0 saturated carbocycles. The van der Waals surface area contributed by atoms with E-state index in [-0.39, 0.29) is 12.1 Å². The van der Waals surface area contributed by atoms with Gasteiger partial charge in [-0.2, -0.15) is 11.8 Å². The molecule has 10 heavy (non-hydrogen) atoms. The fraction of sp³-hybridized carbons (Fsp3) is 0.857. The number of rotatable bonds is 1. The van der Waals surface area contributed by atoms with Gasteiger partial charge in [0.15, 0.2) is 0 Å². The second kappa shape index (κ2) is 3.86. The minimum Gasteiger partial charge on any atom is -0.462 e. The van der Waals surface area contributed by atoms with E-state index < -0.39 is 0 Å². The Morgan fingerprint density at radius 3 is 3.00 bits per heavy atom. The molecule has 0 aliphatic carbocycles. The van der Waals surface area contributed by atoms with Crippen LogP contribution < -0.4 is 0 Å². The minimum atomic E-state index is -0.146. The summed E-state index contributed by atoms with van der Waals surface area (Å²) in [7, 11) is 0. The maximum absolute atomic E-state index is 10.5. The van der Waals surface area contributed by atoms with Gasteiger partial charge in [0.1, 0.15) is 6.10 Å². The zero-order chi connectivity index (χ0) is 7.40. The number of carbonyl (C=O) groups is 1. The van der Waals surface area contributed by atoms with Crippen molar-refractivity contribution in [3.05, 3.63) is 0 Å². The van der Waals surface area contributed by atoms with E-state index in [1.54, 1.807) is 0 Å². The van der Waals surface area contributed by atoms with Crippen LogP contribution in [0.5, 0.6) is 0 Å². The highest BCUT2D eigenvalue weighted by Gasteiger charge is 2.15. The largest absolute Gasteiger partial charge is 0.462 e. The van der Waals surface area contributed by atoms with Crippen molar-refractivity contribution >= 4 is 17.7 Å². The molecule has 0 aromatic rings. The molecule has 0 bridgehead atoms. The van der Waals surface area contributed by atoms with Gasteiger partial charge in [-0.25, -0.2) is 0 Å². The van der Waals surface area contributed by atoms with Gasteiger partial charge >= 0.3 is 5.97 Å². The van der Waals surface area contributed by atoms with Crippen molar-refractivity contribution in [2.45, 2.75) is 25.9 Å². The highest BCUT2D eigenvalue weighted by atomic mass is 32.2. The fourth-order valence-electron chi connectivity index (χ4n) is 1.04. The van der Waals surface area contributed by atoms with E-state index in [1.807, 2.05) is 11.8 Å². The van der Waals surface area contributed by atoms with Crippen molar-refractivity contribution < 1.29 is 9.53 Å². The minimum absolute atomic E-state index is 0.146. The molecule has 0 N–H and O–H groups in total. The van der Waals surface area contributed by atoms with Crippen LogP contribution in [0, 0.1) is 0 Å². The molecule has 0 aromatic heterocycles. The molecule has 3 heteroatoms. The first-order valence-corrected chi connectivity index (χ1v) is 4.69. The van der Waals surface area contributed by atoms with Gasteiger partial charge in [0.2, 0.25) is 0 Å². The van der Waals surface area contributed by atoms with E-state index in [4.69, 9.17) is 4.74 Å². The smallest absolute Gasteiger partial charge is 0.302 e. The third kappa shape index (κ3) is 2.60. The lowest BCUT2D eigenvalue weighted by Crippen LogP contribution is -2.22. The van der Waals surface area contributed by atoms with Gasteiger partial charge in [0, 0.05) is 12.7 Å². The molecule has 0 radical (unpaired) electrons. The molecule has 2 nitrogen and oxygen atoms in total. The predicted octanol–water partition coefficient (Wildman–Crippen LogP) is 1.45. The first kappa shape index (κ1) is 7.92. The monoisotopic (exact) mass is 160 g/mol. The fourth-order valence-corrected chi connectivity index (χ4v) is 2.07. The van der Waals surface area contributed by atoms with Crippen LogP contribution >= 0.6 is 11.8 Å². The van der Waals surface area contributed by atoms with E-state index in [2.05, 4.69) is 0 Å². The van der Waals surface area contributed by atoms with Gasteiger partial charge in [-0.1, -0.05) is 0 Å². The van der Waals surface area contributed by atoms with Crippen molar-refractivity contribution in [2.75, 3.05) is 11.5 Å². The van der Waals surface area contributed by atoms with Gasteiger partial charge in [0.05, 0.1) is 0 Å². The summed E-state index contributed by atoms with van der Waals surface area (Å²) < 4.78 is 5.03. The topological polar surface area (TPSA) is 26.3 Å². The third-order valence-electron chi connectivity index (χ3n) is 1.45. The maximum atomic E-state index is 10.5. The van der Waals surface area contributed by atoms with E-state index in [0.717, 1.165) is 12.2 Å². The molecule has 1 aliphatic rings. The highest BCUT2D eigenvalue weighted by molar-refractivity contribution is 7.99. The Hall–Kier alpha value is -0.180. The maximum Gasteiger partial charge on any atom is 0.302 e. The Morgan fingerprint density at radius 2 is 2.50 bits per heavy atom. The Kier molecular flexibility index (Phi) is 3.06. The summed E-state index contributed by atoms with van der Waals surface area (Å²) in [4.78, 5) is 10.5. The molecule has 1 fully saturated rings. The Morgan fingerprint density at radius 1 is 1.70 bits per heavy atom. The molecule has 1 heterocycles. The molecule has 1 rings (SSSR count). The summed E-state index contributed by atoms with van der Waals surface area (Å²) in [6.45, 7) is 1.47. The molecule has 0 spiro atoms. The molecular weight excluding hydrogens is 148 g/mol. The SMILES string of the molecule is CC(=O)OC1CCCSC1. The second-order valence-corrected chi connectivity index (χ2v) is 3.60. The lowest BCUT2D eigenvalue weighted by molar-refractivity contribution is -0.145. The van der Waals surface area contributed by atoms with Crippen molar-refractivity contribution in [2.24, 2.45) is 0 Å². The number of esters is 1. The summed E-state index contributed by atoms with van der Waals surface area (Å²) in [6.07, 6.45) is 2.42. The normalized spacial score (nSPS) is 25.9. The predicted molar refractivity (Wildman–Crippen MR) is 42.1 cm³/mol. The van der Waals surface area contributed by atoms with Crippen LogP contribution in [0.15, 0.2) is 0 Å². The van der Waals surface area contributed by atoms with Crippen molar-refractivity contribution in [1.82, 2.24) is 0 Å². The zero-order valence-corrected chi connectivity index (χ0v) is 6.95. The Bertz CT molecular complexity index is 119. The van der Waals surface area contributed by atoms with Crippen molar-refractivity contribution in [1.29, 1.82) is 0 Å². The van der Waals surface area contributed by atoms with Crippen LogP contribution in [0.4, 0.5) is 0 Å². The molecule has 1 aliphatic heterocycles. The molecule has 0 amide bonds. The first-order chi connectivity index (χ1) is 4.79. The molecule has 0 aromatic carbocycles. The highest BCUT2D eigenvalue weighted by Crippen LogP contribution is 2.19. The standard InChI is InChI=1S/C7H12O2S/c1-6(8)9-7-3-2-4-10-5-7/h7H,2-5H2,1H3. The summed E-state index contributed by atoms with van der Waals surface area (Å²) in [6, 6.07) is 0. The van der Waals surface area contributed by atoms with Crippen LogP contribution in [-0.2, 0) is 9.53 Å². The quantitative estimate of drug-likeness (QED) is 0.543. The van der Waals surface area contributed by atoms with Gasteiger partial charge in [-0.3, -0.25) is 4.79 Å². The average Bonchev–Trinajstić information content (AvgIpc) is 1.88. The summed E-state index contributed by atoms with van der Waals surface area (Å²) in [5.41, 5.74) is 0. The molecular formula is C7H12O2S. The average molecular weight is 160 g/mol. The summed E-state index contributed by atoms with van der Waals surface area (Å²) in [5, 5.41) is 0. The Labute approximate surface area is 65.3 Å². The third-order valence-corrected chi connectivity index (χ3v) is 2.64. The lowest BCUT2D eigenvalue weighted by atomic mass is 10.2. The van der Waals surface area contributed by atoms with Crippen LogP contribution in [0.1, 0.15) is 19.8 Å². The van der Waals surface area contributed by atoms with Crippen LogP contribution in [0.2, 0.25) is 0 Å². The molecule has 1 atom stereocenters. The number of thioether (sulfide) groups is 1. The van der Waals surface area contributed by atoms with Gasteiger partial charge in [-0.05, 0) is 18.6 Å². The summed E-state index contributed by atoms with van der Waals surface area (Å²) in [5.74, 6) is 2.06. The number of hydrogen-bond acceptors (Lipinski definition) is 3. The number of carbonyl (C=O) groups excluding carboxylic acids is 1. The van der Waals surface area contributed by atoms with Crippen molar-refractivity contribution in [3.8, 4) is 0 Å². The molecule has 58 valence electrons. The van der Waals surface area contributed by atoms with E-state index in [1.165, 1.54) is 19.1 Å². The number of hydrogen-bond donors (Lipinski definition) is 0. The second-order valence-electron chi connectivity index (χ2n) is 2.45. The van der Waals surface area contributed by atoms with E-state index in [0.29, 0.717) is 0 Å². The van der Waals surface area contributed by atoms with Crippen LogP contribution in [-0.4, -0.2) is 23.6 Å². The summed E-state index contributed by atoms with van der Waals surface area (Å²) >= 11 is 1.87. The number of ether oxygens (including phenoxy) is 1. The zero-order valence-electron chi connectivity index (χ0n) is 6.13. The van der Waals surface area contributed by atoms with Gasteiger partial charge in [0.25, 0.3) is 0 Å². The van der Waals surface area contributed by atoms with Gasteiger partial charge < -0.3 is 4.74 Å². The van der Waals surface area contributed by atoms with Crippen LogP contribution in [0.25, 0.3) is 0 Å².